The smallest absolute Gasteiger partial charge is 0.339 e. The van der Waals surface area contributed by atoms with Gasteiger partial charge in [-0.15, -0.1) is 13.0 Å². The lowest BCUT2D eigenvalue weighted by Gasteiger charge is -2.09. The zero-order chi connectivity index (χ0) is 13.5. The second kappa shape index (κ2) is 6.21. The first-order chi connectivity index (χ1) is 8.58. The van der Waals surface area contributed by atoms with Crippen LogP contribution in [0.4, 0.5) is 5.69 Å². The van der Waals surface area contributed by atoms with Gasteiger partial charge in [0.2, 0.25) is 0 Å². The molecule has 18 heavy (non-hydrogen) atoms. The number of hydrogen-bond acceptors (Lipinski definition) is 4. The van der Waals surface area contributed by atoms with Gasteiger partial charge in [0.15, 0.2) is 6.10 Å². The van der Waals surface area contributed by atoms with Crippen molar-refractivity contribution in [1.82, 2.24) is 0 Å². The lowest BCUT2D eigenvalue weighted by Crippen LogP contribution is -2.15. The number of carbonyl (C=O) groups excluding carboxylic acids is 1. The van der Waals surface area contributed by atoms with Gasteiger partial charge in [-0.1, -0.05) is 12.0 Å². The standard InChI is InChI=1S/C13H11NO4/c1-3-5-12(4-2)18-13(15)10-6-8-11(9-7-10)14(16)17/h2-3,6-9,12H,1,5H2. The van der Waals surface area contributed by atoms with Crippen molar-refractivity contribution in [2.45, 2.75) is 12.5 Å². The van der Waals surface area contributed by atoms with E-state index in [1.165, 1.54) is 24.3 Å². The Kier molecular flexibility index (Phi) is 4.64. The highest BCUT2D eigenvalue weighted by Gasteiger charge is 2.14. The summed E-state index contributed by atoms with van der Waals surface area (Å²) in [5.74, 6) is 1.69. The number of nitro benzene ring substituents is 1. The molecule has 0 saturated heterocycles. The summed E-state index contributed by atoms with van der Waals surface area (Å²) in [5, 5.41) is 10.4. The van der Waals surface area contributed by atoms with E-state index < -0.39 is 17.0 Å². The number of nitrogens with zero attached hydrogens (tertiary/aromatic N) is 1. The van der Waals surface area contributed by atoms with E-state index in [4.69, 9.17) is 11.2 Å². The van der Waals surface area contributed by atoms with Crippen LogP contribution in [0.25, 0.3) is 0 Å². The Morgan fingerprint density at radius 2 is 2.17 bits per heavy atom. The fourth-order valence-electron chi connectivity index (χ4n) is 1.22. The molecule has 92 valence electrons. The topological polar surface area (TPSA) is 69.4 Å². The Hall–Kier alpha value is -2.61. The maximum absolute atomic E-state index is 11.6. The molecule has 0 fully saturated rings. The van der Waals surface area contributed by atoms with E-state index in [1.54, 1.807) is 6.08 Å². The summed E-state index contributed by atoms with van der Waals surface area (Å²) in [5.41, 5.74) is 0.121. The van der Waals surface area contributed by atoms with E-state index in [1.807, 2.05) is 0 Å². The number of benzene rings is 1. The maximum Gasteiger partial charge on any atom is 0.339 e. The van der Waals surface area contributed by atoms with Crippen molar-refractivity contribution < 1.29 is 14.5 Å². The van der Waals surface area contributed by atoms with Gasteiger partial charge in [-0.2, -0.15) is 0 Å². The molecule has 0 saturated carbocycles. The lowest BCUT2D eigenvalue weighted by molar-refractivity contribution is -0.384. The molecular formula is C13H11NO4. The number of nitro groups is 1. The largest absolute Gasteiger partial charge is 0.445 e. The number of carbonyl (C=O) groups is 1. The predicted octanol–water partition coefficient (Wildman–Crippen LogP) is 2.33. The molecule has 0 aliphatic heterocycles. The summed E-state index contributed by atoms with van der Waals surface area (Å²) in [6, 6.07) is 5.11. The van der Waals surface area contributed by atoms with Gasteiger partial charge in [0.25, 0.3) is 5.69 Å². The first-order valence-corrected chi connectivity index (χ1v) is 5.11. The van der Waals surface area contributed by atoms with Gasteiger partial charge in [0.1, 0.15) is 0 Å². The SMILES string of the molecule is C#CC(CC=C)OC(=O)c1ccc([N+](=O)[O-])cc1. The highest BCUT2D eigenvalue weighted by atomic mass is 16.6. The van der Waals surface area contributed by atoms with Gasteiger partial charge in [0, 0.05) is 18.6 Å². The number of non-ortho nitro benzene ring substituents is 1. The molecule has 0 spiro atoms. The fourth-order valence-corrected chi connectivity index (χ4v) is 1.22. The molecule has 0 aromatic heterocycles. The van der Waals surface area contributed by atoms with Crippen molar-refractivity contribution in [3.05, 3.63) is 52.6 Å². The fraction of sp³-hybridized carbons (Fsp3) is 0.154. The molecule has 1 aromatic rings. The van der Waals surface area contributed by atoms with E-state index >= 15 is 0 Å². The van der Waals surface area contributed by atoms with Crippen LogP contribution in [-0.2, 0) is 4.74 Å². The second-order valence-electron chi connectivity index (χ2n) is 3.39. The quantitative estimate of drug-likeness (QED) is 0.262. The molecule has 0 amide bonds. The van der Waals surface area contributed by atoms with Gasteiger partial charge < -0.3 is 4.74 Å². The molecule has 0 N–H and O–H groups in total. The Morgan fingerprint density at radius 1 is 1.56 bits per heavy atom. The van der Waals surface area contributed by atoms with Crippen LogP contribution < -0.4 is 0 Å². The minimum absolute atomic E-state index is 0.0915. The molecule has 1 rings (SSSR count). The first-order valence-electron chi connectivity index (χ1n) is 5.11. The Balaban J connectivity index is 2.75. The van der Waals surface area contributed by atoms with Crippen LogP contribution >= 0.6 is 0 Å². The van der Waals surface area contributed by atoms with Crippen molar-refractivity contribution in [2.24, 2.45) is 0 Å². The van der Waals surface area contributed by atoms with Crippen molar-refractivity contribution >= 4 is 11.7 Å². The number of ether oxygens (including phenoxy) is 1. The third-order valence-electron chi connectivity index (χ3n) is 2.13. The molecular weight excluding hydrogens is 234 g/mol. The van der Waals surface area contributed by atoms with E-state index in [0.29, 0.717) is 6.42 Å². The van der Waals surface area contributed by atoms with Crippen LogP contribution in [0.5, 0.6) is 0 Å². The van der Waals surface area contributed by atoms with Crippen LogP contribution in [0, 0.1) is 22.5 Å². The van der Waals surface area contributed by atoms with Gasteiger partial charge in [0.05, 0.1) is 10.5 Å². The van der Waals surface area contributed by atoms with E-state index in [2.05, 4.69) is 12.5 Å². The Bertz CT molecular complexity index is 499. The highest BCUT2D eigenvalue weighted by Crippen LogP contribution is 2.13. The number of terminal acetylenes is 1. The minimum atomic E-state index is -0.676. The molecule has 5 nitrogen and oxygen atoms in total. The Morgan fingerprint density at radius 3 is 2.61 bits per heavy atom. The maximum atomic E-state index is 11.6. The summed E-state index contributed by atoms with van der Waals surface area (Å²) in [7, 11) is 0. The number of rotatable bonds is 5. The first kappa shape index (κ1) is 13.5. The third kappa shape index (κ3) is 3.46. The lowest BCUT2D eigenvalue weighted by atomic mass is 10.2. The zero-order valence-corrected chi connectivity index (χ0v) is 9.54. The molecule has 1 aromatic carbocycles. The van der Waals surface area contributed by atoms with Crippen LogP contribution in [0.1, 0.15) is 16.8 Å². The van der Waals surface area contributed by atoms with Crippen molar-refractivity contribution in [2.75, 3.05) is 0 Å². The van der Waals surface area contributed by atoms with Crippen LogP contribution in [0.15, 0.2) is 36.9 Å². The summed E-state index contributed by atoms with van der Waals surface area (Å²) < 4.78 is 5.01. The van der Waals surface area contributed by atoms with Crippen molar-refractivity contribution in [3.63, 3.8) is 0 Å². The summed E-state index contributed by atoms with van der Waals surface area (Å²) >= 11 is 0. The van der Waals surface area contributed by atoms with Gasteiger partial charge in [-0.05, 0) is 12.1 Å². The number of esters is 1. The predicted molar refractivity (Wildman–Crippen MR) is 65.9 cm³/mol. The molecule has 0 bridgehead atoms. The molecule has 1 atom stereocenters. The van der Waals surface area contributed by atoms with Crippen molar-refractivity contribution in [3.8, 4) is 12.3 Å². The van der Waals surface area contributed by atoms with Crippen molar-refractivity contribution in [1.29, 1.82) is 0 Å². The molecule has 1 unspecified atom stereocenters. The average molecular weight is 245 g/mol. The summed E-state index contributed by atoms with van der Waals surface area (Å²) in [4.78, 5) is 21.5. The van der Waals surface area contributed by atoms with Crippen LogP contribution in [-0.4, -0.2) is 17.0 Å². The van der Waals surface area contributed by atoms with E-state index in [0.717, 1.165) is 0 Å². The monoisotopic (exact) mass is 245 g/mol. The zero-order valence-electron chi connectivity index (χ0n) is 9.54. The van der Waals surface area contributed by atoms with E-state index in [-0.39, 0.29) is 11.3 Å². The van der Waals surface area contributed by atoms with Crippen LogP contribution in [0.2, 0.25) is 0 Å². The van der Waals surface area contributed by atoms with Gasteiger partial charge in [-0.25, -0.2) is 4.79 Å². The molecule has 0 heterocycles. The summed E-state index contributed by atoms with van der Waals surface area (Å²) in [6.45, 7) is 3.50. The van der Waals surface area contributed by atoms with Gasteiger partial charge in [-0.3, -0.25) is 10.1 Å². The highest BCUT2D eigenvalue weighted by molar-refractivity contribution is 5.89. The number of hydrogen-bond donors (Lipinski definition) is 0. The molecule has 0 aliphatic carbocycles. The summed E-state index contributed by atoms with van der Waals surface area (Å²) in [6.07, 6.45) is 6.41. The minimum Gasteiger partial charge on any atom is -0.445 e. The third-order valence-corrected chi connectivity index (χ3v) is 2.13. The average Bonchev–Trinajstić information content (AvgIpc) is 2.38. The van der Waals surface area contributed by atoms with Crippen LogP contribution in [0.3, 0.4) is 0 Å². The molecule has 0 radical (unpaired) electrons. The molecule has 0 aliphatic rings. The normalized spacial score (nSPS) is 11.1. The Labute approximate surface area is 104 Å². The second-order valence-corrected chi connectivity index (χ2v) is 3.39. The van der Waals surface area contributed by atoms with E-state index in [9.17, 15) is 14.9 Å². The van der Waals surface area contributed by atoms with Gasteiger partial charge >= 0.3 is 5.97 Å². The molecule has 5 heteroatoms.